The van der Waals surface area contributed by atoms with Crippen molar-refractivity contribution in [2.75, 3.05) is 11.9 Å². The van der Waals surface area contributed by atoms with Crippen molar-refractivity contribution in [3.05, 3.63) is 75.9 Å². The molecule has 3 aromatic rings. The molecule has 28 heavy (non-hydrogen) atoms. The van der Waals surface area contributed by atoms with E-state index in [1.54, 1.807) is 23.5 Å². The first-order valence-corrected chi connectivity index (χ1v) is 9.97. The summed E-state index contributed by atoms with van der Waals surface area (Å²) >= 11 is 1.78. The molecule has 0 bridgehead atoms. The van der Waals surface area contributed by atoms with Crippen LogP contribution >= 0.6 is 11.3 Å². The zero-order valence-corrected chi connectivity index (χ0v) is 16.8. The molecule has 0 radical (unpaired) electrons. The minimum absolute atomic E-state index is 0.271. The largest absolute Gasteiger partial charge is 0.459 e. The van der Waals surface area contributed by atoms with Crippen molar-refractivity contribution in [3.8, 4) is 0 Å². The van der Waals surface area contributed by atoms with Crippen LogP contribution in [0.25, 0.3) is 0 Å². The summed E-state index contributed by atoms with van der Waals surface area (Å²) in [6, 6.07) is 15.2. The molecule has 146 valence electrons. The third-order valence-electron chi connectivity index (χ3n) is 3.92. The standard InChI is InChI=1S/C21H24N4O2S/c1-3-22-21(24-14-18-10-9-15(2)28-18)23-13-16-6-4-7-17(12-16)25-20(26)19-8-5-11-27-19/h4-12H,3,13-14H2,1-2H3,(H,25,26)(H2,22,23,24). The Morgan fingerprint density at radius 3 is 2.75 bits per heavy atom. The zero-order chi connectivity index (χ0) is 19.8. The number of thiophene rings is 1. The maximum atomic E-state index is 12.1. The monoisotopic (exact) mass is 396 g/mol. The number of anilines is 1. The van der Waals surface area contributed by atoms with E-state index in [9.17, 15) is 4.79 Å². The second-order valence-electron chi connectivity index (χ2n) is 6.19. The topological polar surface area (TPSA) is 78.7 Å². The number of nitrogens with one attached hydrogen (secondary N) is 3. The van der Waals surface area contributed by atoms with Gasteiger partial charge in [0.15, 0.2) is 11.7 Å². The molecule has 1 amide bonds. The summed E-state index contributed by atoms with van der Waals surface area (Å²) in [5, 5.41) is 9.45. The van der Waals surface area contributed by atoms with Gasteiger partial charge in [0.1, 0.15) is 0 Å². The second kappa shape index (κ2) is 9.75. The lowest BCUT2D eigenvalue weighted by Crippen LogP contribution is -2.36. The van der Waals surface area contributed by atoms with Crippen molar-refractivity contribution in [1.29, 1.82) is 0 Å². The first-order chi connectivity index (χ1) is 13.6. The van der Waals surface area contributed by atoms with Crippen LogP contribution in [0.15, 0.2) is 64.2 Å². The van der Waals surface area contributed by atoms with Crippen molar-refractivity contribution in [2.24, 2.45) is 4.99 Å². The highest BCUT2D eigenvalue weighted by atomic mass is 32.1. The Bertz CT molecular complexity index is 932. The van der Waals surface area contributed by atoms with E-state index in [0.717, 1.165) is 24.6 Å². The maximum absolute atomic E-state index is 12.1. The van der Waals surface area contributed by atoms with Gasteiger partial charge < -0.3 is 20.4 Å². The molecule has 0 saturated heterocycles. The molecule has 0 aliphatic rings. The van der Waals surface area contributed by atoms with Gasteiger partial charge in [0.05, 0.1) is 19.4 Å². The van der Waals surface area contributed by atoms with E-state index >= 15 is 0 Å². The van der Waals surface area contributed by atoms with E-state index in [-0.39, 0.29) is 11.7 Å². The first kappa shape index (κ1) is 19.7. The van der Waals surface area contributed by atoms with Crippen molar-refractivity contribution in [1.82, 2.24) is 10.6 Å². The molecular weight excluding hydrogens is 372 g/mol. The summed E-state index contributed by atoms with van der Waals surface area (Å²) in [5.41, 5.74) is 1.71. The Morgan fingerprint density at radius 2 is 2.04 bits per heavy atom. The predicted molar refractivity (Wildman–Crippen MR) is 114 cm³/mol. The number of carbonyl (C=O) groups excluding carboxylic acids is 1. The van der Waals surface area contributed by atoms with Gasteiger partial charge in [-0.1, -0.05) is 12.1 Å². The van der Waals surface area contributed by atoms with E-state index in [2.05, 4.69) is 40.0 Å². The van der Waals surface area contributed by atoms with Crippen LogP contribution in [0.3, 0.4) is 0 Å². The Morgan fingerprint density at radius 1 is 1.14 bits per heavy atom. The van der Waals surface area contributed by atoms with E-state index in [1.807, 2.05) is 31.2 Å². The quantitative estimate of drug-likeness (QED) is 0.414. The van der Waals surface area contributed by atoms with Gasteiger partial charge in [-0.2, -0.15) is 0 Å². The fraction of sp³-hybridized carbons (Fsp3) is 0.238. The fourth-order valence-corrected chi connectivity index (χ4v) is 3.44. The number of amides is 1. The van der Waals surface area contributed by atoms with Gasteiger partial charge >= 0.3 is 0 Å². The number of guanidine groups is 1. The van der Waals surface area contributed by atoms with E-state index < -0.39 is 0 Å². The van der Waals surface area contributed by atoms with Crippen molar-refractivity contribution >= 4 is 28.9 Å². The molecule has 0 unspecified atom stereocenters. The summed E-state index contributed by atoms with van der Waals surface area (Å²) in [4.78, 5) is 19.3. The number of nitrogens with zero attached hydrogens (tertiary/aromatic N) is 1. The van der Waals surface area contributed by atoms with Gasteiger partial charge in [0.25, 0.3) is 5.91 Å². The van der Waals surface area contributed by atoms with E-state index in [0.29, 0.717) is 12.2 Å². The van der Waals surface area contributed by atoms with Crippen LogP contribution < -0.4 is 16.0 Å². The molecule has 0 aliphatic heterocycles. The minimum Gasteiger partial charge on any atom is -0.459 e. The molecular formula is C21H24N4O2S. The Kier molecular flexibility index (Phi) is 6.86. The number of aryl methyl sites for hydroxylation is 1. The summed E-state index contributed by atoms with van der Waals surface area (Å²) in [6.45, 7) is 6.17. The molecule has 3 rings (SSSR count). The molecule has 0 atom stereocenters. The molecule has 0 fully saturated rings. The van der Waals surface area contributed by atoms with Crippen molar-refractivity contribution < 1.29 is 9.21 Å². The first-order valence-electron chi connectivity index (χ1n) is 9.15. The smallest absolute Gasteiger partial charge is 0.291 e. The number of benzene rings is 1. The number of furan rings is 1. The minimum atomic E-state index is -0.271. The summed E-state index contributed by atoms with van der Waals surface area (Å²) in [5.74, 6) is 0.774. The molecule has 1 aromatic carbocycles. The Labute approximate surface area is 168 Å². The lowest BCUT2D eigenvalue weighted by Gasteiger charge is -2.11. The van der Waals surface area contributed by atoms with Gasteiger partial charge in [0.2, 0.25) is 0 Å². The molecule has 2 heterocycles. The highest BCUT2D eigenvalue weighted by Crippen LogP contribution is 2.15. The van der Waals surface area contributed by atoms with Crippen molar-refractivity contribution in [2.45, 2.75) is 26.9 Å². The lowest BCUT2D eigenvalue weighted by molar-refractivity contribution is 0.0996. The van der Waals surface area contributed by atoms with Gasteiger partial charge in [-0.15, -0.1) is 11.3 Å². The van der Waals surface area contributed by atoms with Crippen LogP contribution in [0.1, 0.15) is 32.8 Å². The molecule has 0 spiro atoms. The molecule has 7 heteroatoms. The lowest BCUT2D eigenvalue weighted by atomic mass is 10.2. The van der Waals surface area contributed by atoms with Crippen LogP contribution in [0.4, 0.5) is 5.69 Å². The zero-order valence-electron chi connectivity index (χ0n) is 16.0. The van der Waals surface area contributed by atoms with Gasteiger partial charge in [-0.3, -0.25) is 4.79 Å². The van der Waals surface area contributed by atoms with Gasteiger partial charge in [-0.25, -0.2) is 4.99 Å². The molecule has 6 nitrogen and oxygen atoms in total. The molecule has 0 aliphatic carbocycles. The Hall–Kier alpha value is -3.06. The third-order valence-corrected chi connectivity index (χ3v) is 4.92. The molecule has 0 saturated carbocycles. The van der Waals surface area contributed by atoms with Crippen LogP contribution in [0.2, 0.25) is 0 Å². The van der Waals surface area contributed by atoms with E-state index in [4.69, 9.17) is 4.42 Å². The van der Waals surface area contributed by atoms with Crippen LogP contribution in [0, 0.1) is 6.92 Å². The maximum Gasteiger partial charge on any atom is 0.291 e. The number of rotatable bonds is 7. The molecule has 2 aromatic heterocycles. The summed E-state index contributed by atoms with van der Waals surface area (Å²) in [7, 11) is 0. The number of aliphatic imine (C=N–C) groups is 1. The number of carbonyl (C=O) groups is 1. The van der Waals surface area contributed by atoms with Crippen LogP contribution in [-0.2, 0) is 13.1 Å². The number of hydrogen-bond donors (Lipinski definition) is 3. The van der Waals surface area contributed by atoms with Gasteiger partial charge in [-0.05, 0) is 55.8 Å². The third kappa shape index (κ3) is 5.72. The predicted octanol–water partition coefficient (Wildman–Crippen LogP) is 4.16. The average Bonchev–Trinajstić information content (AvgIpc) is 3.36. The van der Waals surface area contributed by atoms with E-state index in [1.165, 1.54) is 16.0 Å². The highest BCUT2D eigenvalue weighted by molar-refractivity contribution is 7.11. The van der Waals surface area contributed by atoms with Crippen LogP contribution in [-0.4, -0.2) is 18.4 Å². The number of hydrogen-bond acceptors (Lipinski definition) is 4. The van der Waals surface area contributed by atoms with Crippen molar-refractivity contribution in [3.63, 3.8) is 0 Å². The second-order valence-corrected chi connectivity index (χ2v) is 7.57. The summed E-state index contributed by atoms with van der Waals surface area (Å²) in [6.07, 6.45) is 1.48. The fourth-order valence-electron chi connectivity index (χ4n) is 2.61. The molecule has 3 N–H and O–H groups in total. The Balaban J connectivity index is 1.61. The average molecular weight is 397 g/mol. The SMILES string of the molecule is CCNC(=NCc1cccc(NC(=O)c2ccco2)c1)NCc1ccc(C)s1. The van der Waals surface area contributed by atoms with Crippen LogP contribution in [0.5, 0.6) is 0 Å². The van der Waals surface area contributed by atoms with Gasteiger partial charge in [0, 0.05) is 22.0 Å². The highest BCUT2D eigenvalue weighted by Gasteiger charge is 2.08. The normalized spacial score (nSPS) is 11.3. The summed E-state index contributed by atoms with van der Waals surface area (Å²) < 4.78 is 5.12.